The van der Waals surface area contributed by atoms with Crippen molar-refractivity contribution in [2.45, 2.75) is 18.9 Å². The van der Waals surface area contributed by atoms with Crippen molar-refractivity contribution in [3.05, 3.63) is 71.4 Å². The predicted molar refractivity (Wildman–Crippen MR) is 107 cm³/mol. The van der Waals surface area contributed by atoms with Gasteiger partial charge in [-0.25, -0.2) is 0 Å². The lowest BCUT2D eigenvalue weighted by Gasteiger charge is -2.14. The first kappa shape index (κ1) is 19.6. The van der Waals surface area contributed by atoms with Gasteiger partial charge < -0.3 is 20.1 Å². The highest BCUT2D eigenvalue weighted by Crippen LogP contribution is 2.14. The third-order valence-electron chi connectivity index (χ3n) is 4.47. The fourth-order valence-corrected chi connectivity index (χ4v) is 2.92. The molecule has 1 saturated heterocycles. The zero-order chi connectivity index (χ0) is 19.8. The quantitative estimate of drug-likeness (QED) is 0.724. The van der Waals surface area contributed by atoms with Crippen LogP contribution in [0.4, 0.5) is 0 Å². The van der Waals surface area contributed by atoms with E-state index in [1.165, 1.54) is 0 Å². The van der Waals surface area contributed by atoms with Gasteiger partial charge in [0.25, 0.3) is 11.8 Å². The zero-order valence-electron chi connectivity index (χ0n) is 15.8. The van der Waals surface area contributed by atoms with Crippen LogP contribution in [0.2, 0.25) is 0 Å². The van der Waals surface area contributed by atoms with Crippen LogP contribution >= 0.6 is 0 Å². The van der Waals surface area contributed by atoms with Gasteiger partial charge in [0.2, 0.25) is 0 Å². The number of nitrogens with one attached hydrogen (secondary N) is 2. The summed E-state index contributed by atoms with van der Waals surface area (Å²) in [6.45, 7) is 1.14. The molecule has 6 heteroatoms. The van der Waals surface area contributed by atoms with Gasteiger partial charge in [0, 0.05) is 18.7 Å². The Balaban J connectivity index is 1.76. The molecule has 146 valence electrons. The molecule has 2 amide bonds. The molecule has 1 aliphatic rings. The minimum absolute atomic E-state index is 0.0241. The lowest BCUT2D eigenvalue weighted by molar-refractivity contribution is -0.118. The standard InChI is InChI=1S/C22H24N2O4/c1-27-18-11-9-16(10-12-18)14-20(22(26)23-15-19-8-5-13-28-19)24-21(25)17-6-3-2-4-7-17/h2-4,6-7,9-12,14,19H,5,8,13,15H2,1H3,(H,23,26)(H,24,25)/b20-14+/t19-/m1/s1. The van der Waals surface area contributed by atoms with Gasteiger partial charge in [-0.15, -0.1) is 0 Å². The predicted octanol–water partition coefficient (Wildman–Crippen LogP) is 2.76. The van der Waals surface area contributed by atoms with Crippen molar-refractivity contribution in [3.8, 4) is 5.75 Å². The summed E-state index contributed by atoms with van der Waals surface area (Å²) in [6.07, 6.45) is 3.59. The Labute approximate surface area is 164 Å². The monoisotopic (exact) mass is 380 g/mol. The van der Waals surface area contributed by atoms with Crippen LogP contribution in [0.1, 0.15) is 28.8 Å². The number of carbonyl (C=O) groups is 2. The summed E-state index contributed by atoms with van der Waals surface area (Å²) in [5.41, 5.74) is 1.43. The minimum atomic E-state index is -0.351. The third-order valence-corrected chi connectivity index (χ3v) is 4.47. The molecule has 1 fully saturated rings. The smallest absolute Gasteiger partial charge is 0.267 e. The molecule has 0 bridgehead atoms. The molecule has 0 aromatic heterocycles. The maximum absolute atomic E-state index is 12.7. The van der Waals surface area contributed by atoms with Crippen molar-refractivity contribution in [1.82, 2.24) is 10.6 Å². The molecule has 1 aliphatic heterocycles. The molecule has 3 rings (SSSR count). The molecule has 0 unspecified atom stereocenters. The number of rotatable bonds is 7. The lowest BCUT2D eigenvalue weighted by Crippen LogP contribution is -2.38. The second kappa shape index (κ2) is 9.71. The summed E-state index contributed by atoms with van der Waals surface area (Å²) in [6, 6.07) is 16.0. The summed E-state index contributed by atoms with van der Waals surface area (Å²) in [7, 11) is 1.59. The van der Waals surface area contributed by atoms with E-state index in [1.54, 1.807) is 49.6 Å². The lowest BCUT2D eigenvalue weighted by atomic mass is 10.1. The molecular formula is C22H24N2O4. The minimum Gasteiger partial charge on any atom is -0.497 e. The number of benzene rings is 2. The second-order valence-electron chi connectivity index (χ2n) is 6.50. The Hall–Kier alpha value is -3.12. The van der Waals surface area contributed by atoms with Crippen LogP contribution in [0.3, 0.4) is 0 Å². The Kier molecular flexibility index (Phi) is 6.81. The summed E-state index contributed by atoms with van der Waals surface area (Å²) >= 11 is 0. The number of ether oxygens (including phenoxy) is 2. The number of hydrogen-bond donors (Lipinski definition) is 2. The van der Waals surface area contributed by atoms with E-state index >= 15 is 0 Å². The highest BCUT2D eigenvalue weighted by atomic mass is 16.5. The van der Waals surface area contributed by atoms with Crippen LogP contribution in [0, 0.1) is 0 Å². The van der Waals surface area contributed by atoms with Gasteiger partial charge in [-0.05, 0) is 48.7 Å². The van der Waals surface area contributed by atoms with Gasteiger partial charge in [0.05, 0.1) is 13.2 Å². The maximum Gasteiger partial charge on any atom is 0.267 e. The Morgan fingerprint density at radius 2 is 1.89 bits per heavy atom. The van der Waals surface area contributed by atoms with Crippen LogP contribution < -0.4 is 15.4 Å². The molecule has 6 nitrogen and oxygen atoms in total. The summed E-state index contributed by atoms with van der Waals surface area (Å²) < 4.78 is 10.7. The number of methoxy groups -OCH3 is 1. The molecule has 2 aromatic rings. The first-order chi connectivity index (χ1) is 13.7. The largest absolute Gasteiger partial charge is 0.497 e. The van der Waals surface area contributed by atoms with Crippen LogP contribution in [0.15, 0.2) is 60.3 Å². The van der Waals surface area contributed by atoms with E-state index in [0.717, 1.165) is 30.8 Å². The molecule has 28 heavy (non-hydrogen) atoms. The molecule has 0 radical (unpaired) electrons. The average molecular weight is 380 g/mol. The number of carbonyl (C=O) groups excluding carboxylic acids is 2. The van der Waals surface area contributed by atoms with E-state index in [-0.39, 0.29) is 23.6 Å². The Bertz CT molecular complexity index is 825. The van der Waals surface area contributed by atoms with Crippen LogP contribution in [-0.4, -0.2) is 38.2 Å². The van der Waals surface area contributed by atoms with Crippen molar-refractivity contribution in [2.75, 3.05) is 20.3 Å². The average Bonchev–Trinajstić information content (AvgIpc) is 3.26. The van der Waals surface area contributed by atoms with Crippen LogP contribution in [0.5, 0.6) is 5.75 Å². The number of amides is 2. The first-order valence-corrected chi connectivity index (χ1v) is 9.27. The van der Waals surface area contributed by atoms with Crippen molar-refractivity contribution >= 4 is 17.9 Å². The Morgan fingerprint density at radius 3 is 2.54 bits per heavy atom. The Morgan fingerprint density at radius 1 is 1.14 bits per heavy atom. The molecule has 0 spiro atoms. The molecule has 2 N–H and O–H groups in total. The topological polar surface area (TPSA) is 76.7 Å². The van der Waals surface area contributed by atoms with Gasteiger partial charge in [0.15, 0.2) is 0 Å². The molecule has 1 heterocycles. The second-order valence-corrected chi connectivity index (χ2v) is 6.50. The summed E-state index contributed by atoms with van der Waals surface area (Å²) in [5.74, 6) is 0.0260. The summed E-state index contributed by atoms with van der Waals surface area (Å²) in [5, 5.41) is 5.58. The normalized spacial score (nSPS) is 16.5. The molecule has 2 aromatic carbocycles. The van der Waals surface area contributed by atoms with Gasteiger partial charge in [-0.2, -0.15) is 0 Å². The number of hydrogen-bond acceptors (Lipinski definition) is 4. The fourth-order valence-electron chi connectivity index (χ4n) is 2.92. The fraction of sp³-hybridized carbons (Fsp3) is 0.273. The highest BCUT2D eigenvalue weighted by Gasteiger charge is 2.19. The van der Waals surface area contributed by atoms with Crippen LogP contribution in [0.25, 0.3) is 6.08 Å². The van der Waals surface area contributed by atoms with Crippen molar-refractivity contribution < 1.29 is 19.1 Å². The van der Waals surface area contributed by atoms with Crippen molar-refractivity contribution in [2.24, 2.45) is 0 Å². The van der Waals surface area contributed by atoms with Gasteiger partial charge in [0.1, 0.15) is 11.4 Å². The molecule has 1 atom stereocenters. The first-order valence-electron chi connectivity index (χ1n) is 9.27. The van der Waals surface area contributed by atoms with Gasteiger partial charge in [-0.1, -0.05) is 30.3 Å². The van der Waals surface area contributed by atoms with Crippen molar-refractivity contribution in [3.63, 3.8) is 0 Å². The van der Waals surface area contributed by atoms with E-state index in [4.69, 9.17) is 9.47 Å². The molecule has 0 saturated carbocycles. The van der Waals surface area contributed by atoms with E-state index in [0.29, 0.717) is 12.1 Å². The SMILES string of the molecule is COc1ccc(/C=C(/NC(=O)c2ccccc2)C(=O)NC[C@H]2CCCO2)cc1. The van der Waals surface area contributed by atoms with Crippen LogP contribution in [-0.2, 0) is 9.53 Å². The van der Waals surface area contributed by atoms with E-state index in [9.17, 15) is 9.59 Å². The van der Waals surface area contributed by atoms with Gasteiger partial charge >= 0.3 is 0 Å². The van der Waals surface area contributed by atoms with Gasteiger partial charge in [-0.3, -0.25) is 9.59 Å². The molecular weight excluding hydrogens is 356 g/mol. The highest BCUT2D eigenvalue weighted by molar-refractivity contribution is 6.05. The molecule has 0 aliphatic carbocycles. The summed E-state index contributed by atoms with van der Waals surface area (Å²) in [4.78, 5) is 25.3. The zero-order valence-corrected chi connectivity index (χ0v) is 15.8. The maximum atomic E-state index is 12.7. The van der Waals surface area contributed by atoms with E-state index in [1.807, 2.05) is 18.2 Å². The van der Waals surface area contributed by atoms with E-state index in [2.05, 4.69) is 10.6 Å². The third kappa shape index (κ3) is 5.44. The van der Waals surface area contributed by atoms with E-state index < -0.39 is 0 Å². The van der Waals surface area contributed by atoms with Crippen molar-refractivity contribution in [1.29, 1.82) is 0 Å².